The van der Waals surface area contributed by atoms with Gasteiger partial charge >= 0.3 is 0 Å². The number of nitrogens with zero attached hydrogens (tertiary/aromatic N) is 2. The van der Waals surface area contributed by atoms with Gasteiger partial charge in [0.25, 0.3) is 0 Å². The van der Waals surface area contributed by atoms with E-state index in [1.807, 2.05) is 48.7 Å². The van der Waals surface area contributed by atoms with Crippen LogP contribution in [0.5, 0.6) is 5.75 Å². The molecule has 4 rings (SSSR count). The Morgan fingerprint density at radius 3 is 2.88 bits per heavy atom. The first-order chi connectivity index (χ1) is 11.8. The lowest BCUT2D eigenvalue weighted by Gasteiger charge is -2.13. The van der Waals surface area contributed by atoms with E-state index < -0.39 is 0 Å². The summed E-state index contributed by atoms with van der Waals surface area (Å²) in [7, 11) is 1.68. The Morgan fingerprint density at radius 2 is 2.12 bits per heavy atom. The van der Waals surface area contributed by atoms with E-state index in [1.54, 1.807) is 7.11 Å². The van der Waals surface area contributed by atoms with Crippen LogP contribution in [0.15, 0.2) is 48.7 Å². The lowest BCUT2D eigenvalue weighted by molar-refractivity contribution is 0.120. The minimum Gasteiger partial charge on any atom is -0.497 e. The molecule has 1 saturated heterocycles. The number of hydrogen-bond acceptors (Lipinski definition) is 4. The fraction of sp³-hybridized carbons (Fsp3) is 0.316. The van der Waals surface area contributed by atoms with Crippen LogP contribution < -0.4 is 10.1 Å². The summed E-state index contributed by atoms with van der Waals surface area (Å²) < 4.78 is 13.1. The number of hydrogen-bond donors (Lipinski definition) is 1. The summed E-state index contributed by atoms with van der Waals surface area (Å²) in [5.41, 5.74) is 2.94. The van der Waals surface area contributed by atoms with Crippen molar-refractivity contribution >= 4 is 11.5 Å². The molecule has 1 aromatic carbocycles. The Balaban J connectivity index is 1.70. The van der Waals surface area contributed by atoms with Crippen LogP contribution in [0.2, 0.25) is 0 Å². The Labute approximate surface area is 141 Å². The summed E-state index contributed by atoms with van der Waals surface area (Å²) in [6.45, 7) is 1.66. The summed E-state index contributed by atoms with van der Waals surface area (Å²) in [4.78, 5) is 4.80. The van der Waals surface area contributed by atoms with Crippen LogP contribution >= 0.6 is 0 Å². The highest BCUT2D eigenvalue weighted by Gasteiger charge is 2.18. The average Bonchev–Trinajstić information content (AvgIpc) is 3.27. The summed E-state index contributed by atoms with van der Waals surface area (Å²) >= 11 is 0. The topological polar surface area (TPSA) is 47.8 Å². The molecule has 0 unspecified atom stereocenters. The molecule has 1 fully saturated rings. The van der Waals surface area contributed by atoms with E-state index in [0.717, 1.165) is 54.5 Å². The van der Waals surface area contributed by atoms with E-state index in [0.29, 0.717) is 0 Å². The van der Waals surface area contributed by atoms with Gasteiger partial charge in [0.15, 0.2) is 0 Å². The number of fused-ring (bicyclic) bond motifs is 1. The highest BCUT2D eigenvalue weighted by Crippen LogP contribution is 2.30. The van der Waals surface area contributed by atoms with Gasteiger partial charge in [-0.2, -0.15) is 0 Å². The van der Waals surface area contributed by atoms with Crippen LogP contribution in [0.1, 0.15) is 12.8 Å². The van der Waals surface area contributed by atoms with Gasteiger partial charge in [0.05, 0.1) is 13.2 Å². The van der Waals surface area contributed by atoms with Gasteiger partial charge in [-0.3, -0.25) is 4.40 Å². The van der Waals surface area contributed by atoms with Gasteiger partial charge in [-0.25, -0.2) is 4.98 Å². The van der Waals surface area contributed by atoms with E-state index in [-0.39, 0.29) is 6.10 Å². The van der Waals surface area contributed by atoms with Gasteiger partial charge in [-0.15, -0.1) is 0 Å². The summed E-state index contributed by atoms with van der Waals surface area (Å²) in [5, 5.41) is 3.55. The number of nitrogens with one attached hydrogen (secondary N) is 1. The van der Waals surface area contributed by atoms with Crippen molar-refractivity contribution in [2.24, 2.45) is 0 Å². The predicted octanol–water partition coefficient (Wildman–Crippen LogP) is 3.60. The Morgan fingerprint density at radius 1 is 1.25 bits per heavy atom. The third-order valence-electron chi connectivity index (χ3n) is 4.41. The third-order valence-corrected chi connectivity index (χ3v) is 4.41. The summed E-state index contributed by atoms with van der Waals surface area (Å²) in [6, 6.07) is 14.0. The van der Waals surface area contributed by atoms with E-state index in [4.69, 9.17) is 14.5 Å². The number of imidazole rings is 1. The number of benzene rings is 1. The molecule has 0 saturated carbocycles. The van der Waals surface area contributed by atoms with Gasteiger partial charge in [0.2, 0.25) is 0 Å². The number of methoxy groups -OCH3 is 1. The van der Waals surface area contributed by atoms with Gasteiger partial charge in [-0.05, 0) is 49.2 Å². The molecule has 2 aromatic heterocycles. The van der Waals surface area contributed by atoms with Crippen LogP contribution in [0.3, 0.4) is 0 Å². The monoisotopic (exact) mass is 323 g/mol. The SMILES string of the molecule is COc1ccc(-c2nc3ccccn3c2NC[C@@H]2CCCO2)cc1. The molecule has 24 heavy (non-hydrogen) atoms. The number of aromatic nitrogens is 2. The number of anilines is 1. The van der Waals surface area contributed by atoms with Crippen LogP contribution in [0.4, 0.5) is 5.82 Å². The van der Waals surface area contributed by atoms with Gasteiger partial charge in [0.1, 0.15) is 22.9 Å². The highest BCUT2D eigenvalue weighted by molar-refractivity contribution is 5.76. The van der Waals surface area contributed by atoms with Gasteiger partial charge in [-0.1, -0.05) is 6.07 Å². The third kappa shape index (κ3) is 2.83. The zero-order valence-electron chi connectivity index (χ0n) is 13.7. The predicted molar refractivity (Wildman–Crippen MR) is 94.6 cm³/mol. The van der Waals surface area contributed by atoms with Crippen molar-refractivity contribution in [1.82, 2.24) is 9.38 Å². The maximum absolute atomic E-state index is 5.73. The second-order valence-corrected chi connectivity index (χ2v) is 5.98. The van der Waals surface area contributed by atoms with Crippen LogP contribution in [0, 0.1) is 0 Å². The van der Waals surface area contributed by atoms with Crippen molar-refractivity contribution in [3.8, 4) is 17.0 Å². The largest absolute Gasteiger partial charge is 0.497 e. The molecule has 1 aliphatic rings. The molecular weight excluding hydrogens is 302 g/mol. The van der Waals surface area contributed by atoms with Crippen molar-refractivity contribution in [3.63, 3.8) is 0 Å². The fourth-order valence-corrected chi connectivity index (χ4v) is 3.13. The normalized spacial score (nSPS) is 17.3. The molecule has 3 heterocycles. The molecule has 0 spiro atoms. The lowest BCUT2D eigenvalue weighted by Crippen LogP contribution is -2.19. The Kier molecular flexibility index (Phi) is 4.09. The molecule has 1 atom stereocenters. The van der Waals surface area contributed by atoms with Crippen molar-refractivity contribution in [1.29, 1.82) is 0 Å². The molecule has 0 radical (unpaired) electrons. The second kappa shape index (κ2) is 6.53. The maximum Gasteiger partial charge on any atom is 0.139 e. The maximum atomic E-state index is 5.73. The minimum absolute atomic E-state index is 0.281. The molecule has 5 nitrogen and oxygen atoms in total. The average molecular weight is 323 g/mol. The second-order valence-electron chi connectivity index (χ2n) is 5.98. The molecule has 0 aliphatic carbocycles. The summed E-state index contributed by atoms with van der Waals surface area (Å²) in [6.07, 6.45) is 4.57. The van der Waals surface area contributed by atoms with E-state index in [9.17, 15) is 0 Å². The molecule has 0 bridgehead atoms. The smallest absolute Gasteiger partial charge is 0.139 e. The fourth-order valence-electron chi connectivity index (χ4n) is 3.13. The first-order valence-corrected chi connectivity index (χ1v) is 8.32. The van der Waals surface area contributed by atoms with E-state index >= 15 is 0 Å². The number of ether oxygens (including phenoxy) is 2. The standard InChI is InChI=1S/C19H21N3O2/c1-23-15-9-7-14(8-10-15)18-19(20-13-16-5-4-12-24-16)22-11-3-2-6-17(22)21-18/h2-3,6-11,16,20H,4-5,12-13H2,1H3/t16-/m0/s1. The molecular formula is C19H21N3O2. The van der Waals surface area contributed by atoms with Crippen molar-refractivity contribution in [2.75, 3.05) is 25.6 Å². The van der Waals surface area contributed by atoms with Crippen molar-refractivity contribution < 1.29 is 9.47 Å². The first kappa shape index (κ1) is 15.0. The van der Waals surface area contributed by atoms with E-state index in [1.165, 1.54) is 0 Å². The van der Waals surface area contributed by atoms with Crippen LogP contribution in [0.25, 0.3) is 16.9 Å². The molecule has 5 heteroatoms. The van der Waals surface area contributed by atoms with Crippen molar-refractivity contribution in [3.05, 3.63) is 48.7 Å². The zero-order valence-corrected chi connectivity index (χ0v) is 13.7. The summed E-state index contributed by atoms with van der Waals surface area (Å²) in [5.74, 6) is 1.85. The van der Waals surface area contributed by atoms with Crippen LogP contribution in [-0.4, -0.2) is 35.8 Å². The molecule has 0 amide bonds. The van der Waals surface area contributed by atoms with Gasteiger partial charge in [0, 0.05) is 24.9 Å². The highest BCUT2D eigenvalue weighted by atomic mass is 16.5. The molecule has 1 aliphatic heterocycles. The zero-order chi connectivity index (χ0) is 16.4. The minimum atomic E-state index is 0.281. The first-order valence-electron chi connectivity index (χ1n) is 8.32. The number of pyridine rings is 1. The molecule has 124 valence electrons. The van der Waals surface area contributed by atoms with Crippen LogP contribution in [-0.2, 0) is 4.74 Å². The molecule has 1 N–H and O–H groups in total. The quantitative estimate of drug-likeness (QED) is 0.779. The van der Waals surface area contributed by atoms with E-state index in [2.05, 4.69) is 9.72 Å². The van der Waals surface area contributed by atoms with Gasteiger partial charge < -0.3 is 14.8 Å². The molecule has 3 aromatic rings. The van der Waals surface area contributed by atoms with Crippen molar-refractivity contribution in [2.45, 2.75) is 18.9 Å². The Bertz CT molecular complexity index is 820. The lowest BCUT2D eigenvalue weighted by atomic mass is 10.1. The Hall–Kier alpha value is -2.53. The number of rotatable bonds is 5.